The predicted molar refractivity (Wildman–Crippen MR) is 77.0 cm³/mol. The number of carbonyl (C=O) groups is 1. The first kappa shape index (κ1) is 15.8. The van der Waals surface area contributed by atoms with Gasteiger partial charge in [-0.3, -0.25) is 4.79 Å². The lowest BCUT2D eigenvalue weighted by atomic mass is 9.83. The number of nitrogens with one attached hydrogen (secondary N) is 2. The highest BCUT2D eigenvalue weighted by Gasteiger charge is 2.33. The molecule has 1 heterocycles. The van der Waals surface area contributed by atoms with E-state index in [1.807, 2.05) is 0 Å². The first-order chi connectivity index (χ1) is 8.26. The van der Waals surface area contributed by atoms with Crippen molar-refractivity contribution in [3.8, 4) is 0 Å². The topological polar surface area (TPSA) is 41.1 Å². The van der Waals surface area contributed by atoms with Crippen molar-refractivity contribution < 1.29 is 4.79 Å². The van der Waals surface area contributed by atoms with E-state index in [9.17, 15) is 4.79 Å². The molecule has 18 heavy (non-hydrogen) atoms. The number of amides is 1. The van der Waals surface area contributed by atoms with Crippen molar-refractivity contribution in [2.24, 2.45) is 11.3 Å². The molecule has 106 valence electrons. The van der Waals surface area contributed by atoms with Crippen LogP contribution in [0.3, 0.4) is 0 Å². The molecular weight excluding hydrogens is 248 g/mol. The highest BCUT2D eigenvalue weighted by atomic mass is 35.5. The zero-order valence-electron chi connectivity index (χ0n) is 11.5. The van der Waals surface area contributed by atoms with Gasteiger partial charge in [0.05, 0.1) is 5.92 Å². The molecular formula is C14H27ClN2O. The molecule has 0 aromatic heterocycles. The molecule has 0 radical (unpaired) electrons. The Morgan fingerprint density at radius 1 is 1.33 bits per heavy atom. The quantitative estimate of drug-likeness (QED) is 0.827. The van der Waals surface area contributed by atoms with Gasteiger partial charge in [0.2, 0.25) is 5.91 Å². The van der Waals surface area contributed by atoms with E-state index in [-0.39, 0.29) is 24.2 Å². The average molecular weight is 275 g/mol. The van der Waals surface area contributed by atoms with E-state index < -0.39 is 0 Å². The Labute approximate surface area is 117 Å². The third-order valence-corrected chi connectivity index (χ3v) is 4.72. The molecule has 2 N–H and O–H groups in total. The van der Waals surface area contributed by atoms with E-state index in [0.717, 1.165) is 32.5 Å². The molecule has 1 atom stereocenters. The summed E-state index contributed by atoms with van der Waals surface area (Å²) in [5.74, 6) is 0.482. The van der Waals surface area contributed by atoms with Crippen molar-refractivity contribution in [2.75, 3.05) is 19.6 Å². The Hall–Kier alpha value is -0.280. The van der Waals surface area contributed by atoms with E-state index >= 15 is 0 Å². The van der Waals surface area contributed by atoms with Gasteiger partial charge in [-0.25, -0.2) is 0 Å². The number of rotatable bonds is 4. The lowest BCUT2D eigenvalue weighted by Crippen LogP contribution is -2.43. The van der Waals surface area contributed by atoms with Crippen LogP contribution in [0.2, 0.25) is 0 Å². The molecule has 0 bridgehead atoms. The van der Waals surface area contributed by atoms with Gasteiger partial charge in [0, 0.05) is 13.1 Å². The van der Waals surface area contributed by atoms with Gasteiger partial charge in [0.1, 0.15) is 0 Å². The van der Waals surface area contributed by atoms with Gasteiger partial charge in [-0.2, -0.15) is 0 Å². The highest BCUT2D eigenvalue weighted by Crippen LogP contribution is 2.40. The van der Waals surface area contributed by atoms with Crippen molar-refractivity contribution in [3.05, 3.63) is 0 Å². The summed E-state index contributed by atoms with van der Waals surface area (Å²) >= 11 is 0. The molecule has 1 aliphatic carbocycles. The Kier molecular flexibility index (Phi) is 6.44. The summed E-state index contributed by atoms with van der Waals surface area (Å²) in [6.45, 7) is 5.10. The minimum atomic E-state index is 0. The number of hydrogen-bond donors (Lipinski definition) is 2. The number of halogens is 1. The Bertz CT molecular complexity index is 259. The SMILES string of the molecule is CCC1(CNC(=O)[C@@H]2CCCNC2)CCCC1.Cl. The molecule has 0 aromatic rings. The summed E-state index contributed by atoms with van der Waals surface area (Å²) in [6, 6.07) is 0. The molecule has 2 aliphatic rings. The van der Waals surface area contributed by atoms with Crippen LogP contribution in [0, 0.1) is 11.3 Å². The maximum atomic E-state index is 12.1. The molecule has 1 amide bonds. The summed E-state index contributed by atoms with van der Waals surface area (Å²) in [6.07, 6.45) is 8.67. The van der Waals surface area contributed by atoms with E-state index in [1.54, 1.807) is 0 Å². The lowest BCUT2D eigenvalue weighted by molar-refractivity contribution is -0.126. The summed E-state index contributed by atoms with van der Waals surface area (Å²) in [5.41, 5.74) is 0.414. The van der Waals surface area contributed by atoms with Crippen LogP contribution >= 0.6 is 12.4 Å². The van der Waals surface area contributed by atoms with E-state index in [4.69, 9.17) is 0 Å². The van der Waals surface area contributed by atoms with Crippen LogP contribution in [0.1, 0.15) is 51.9 Å². The Morgan fingerprint density at radius 2 is 2.06 bits per heavy atom. The molecule has 0 spiro atoms. The molecule has 2 fully saturated rings. The fourth-order valence-electron chi connectivity index (χ4n) is 3.27. The molecule has 0 unspecified atom stereocenters. The zero-order chi connectivity index (χ0) is 12.1. The van der Waals surface area contributed by atoms with Gasteiger partial charge < -0.3 is 10.6 Å². The smallest absolute Gasteiger partial charge is 0.224 e. The van der Waals surface area contributed by atoms with Crippen molar-refractivity contribution in [1.29, 1.82) is 0 Å². The summed E-state index contributed by atoms with van der Waals surface area (Å²) < 4.78 is 0. The minimum Gasteiger partial charge on any atom is -0.355 e. The van der Waals surface area contributed by atoms with E-state index in [0.29, 0.717) is 5.41 Å². The van der Waals surface area contributed by atoms with Gasteiger partial charge in [0.15, 0.2) is 0 Å². The van der Waals surface area contributed by atoms with Crippen LogP contribution in [-0.2, 0) is 4.79 Å². The molecule has 3 nitrogen and oxygen atoms in total. The number of carbonyl (C=O) groups excluding carboxylic acids is 1. The van der Waals surface area contributed by atoms with Gasteiger partial charge in [-0.1, -0.05) is 19.8 Å². The third kappa shape index (κ3) is 3.86. The van der Waals surface area contributed by atoms with Gasteiger partial charge in [-0.15, -0.1) is 12.4 Å². The molecule has 0 aromatic carbocycles. The number of hydrogen-bond acceptors (Lipinski definition) is 2. The first-order valence-corrected chi connectivity index (χ1v) is 7.24. The molecule has 1 saturated carbocycles. The van der Waals surface area contributed by atoms with Gasteiger partial charge in [-0.05, 0) is 44.1 Å². The van der Waals surface area contributed by atoms with Crippen LogP contribution in [0.4, 0.5) is 0 Å². The molecule has 2 rings (SSSR count). The maximum absolute atomic E-state index is 12.1. The van der Waals surface area contributed by atoms with E-state index in [1.165, 1.54) is 32.1 Å². The minimum absolute atomic E-state index is 0. The normalized spacial score (nSPS) is 26.4. The Morgan fingerprint density at radius 3 is 2.61 bits per heavy atom. The van der Waals surface area contributed by atoms with Gasteiger partial charge >= 0.3 is 0 Å². The number of piperidine rings is 1. The highest BCUT2D eigenvalue weighted by molar-refractivity contribution is 5.85. The summed E-state index contributed by atoms with van der Waals surface area (Å²) in [5, 5.41) is 6.51. The van der Waals surface area contributed by atoms with Crippen LogP contribution < -0.4 is 10.6 Å². The fraction of sp³-hybridized carbons (Fsp3) is 0.929. The fourth-order valence-corrected chi connectivity index (χ4v) is 3.27. The van der Waals surface area contributed by atoms with E-state index in [2.05, 4.69) is 17.6 Å². The van der Waals surface area contributed by atoms with Crippen molar-refractivity contribution in [3.63, 3.8) is 0 Å². The first-order valence-electron chi connectivity index (χ1n) is 7.24. The predicted octanol–water partition coefficient (Wildman–Crippen LogP) is 2.49. The standard InChI is InChI=1S/C14H26N2O.ClH/c1-2-14(7-3-4-8-14)11-16-13(17)12-6-5-9-15-10-12;/h12,15H,2-11H2,1H3,(H,16,17);1H/t12-;/m1./s1. The zero-order valence-corrected chi connectivity index (χ0v) is 12.3. The third-order valence-electron chi connectivity index (χ3n) is 4.72. The lowest BCUT2D eigenvalue weighted by Gasteiger charge is -2.29. The van der Waals surface area contributed by atoms with Crippen molar-refractivity contribution in [2.45, 2.75) is 51.9 Å². The monoisotopic (exact) mass is 274 g/mol. The van der Waals surface area contributed by atoms with Crippen molar-refractivity contribution >= 4 is 18.3 Å². The van der Waals surface area contributed by atoms with Crippen LogP contribution in [-0.4, -0.2) is 25.5 Å². The Balaban J connectivity index is 0.00000162. The average Bonchev–Trinajstić information content (AvgIpc) is 2.86. The van der Waals surface area contributed by atoms with Crippen LogP contribution in [0.15, 0.2) is 0 Å². The maximum Gasteiger partial charge on any atom is 0.224 e. The summed E-state index contributed by atoms with van der Waals surface area (Å²) in [7, 11) is 0. The largest absolute Gasteiger partial charge is 0.355 e. The second kappa shape index (κ2) is 7.34. The molecule has 1 saturated heterocycles. The summed E-state index contributed by atoms with van der Waals surface area (Å²) in [4.78, 5) is 12.1. The molecule has 4 heteroatoms. The second-order valence-corrected chi connectivity index (χ2v) is 5.82. The van der Waals surface area contributed by atoms with Crippen molar-refractivity contribution in [1.82, 2.24) is 10.6 Å². The van der Waals surface area contributed by atoms with Crippen LogP contribution in [0.5, 0.6) is 0 Å². The van der Waals surface area contributed by atoms with Gasteiger partial charge in [0.25, 0.3) is 0 Å². The van der Waals surface area contributed by atoms with Crippen LogP contribution in [0.25, 0.3) is 0 Å². The molecule has 1 aliphatic heterocycles. The second-order valence-electron chi connectivity index (χ2n) is 5.82.